The highest BCUT2D eigenvalue weighted by atomic mass is 19.4. The van der Waals surface area contributed by atoms with Gasteiger partial charge in [0.05, 0.1) is 11.9 Å². The molecule has 0 bridgehead atoms. The third-order valence-electron chi connectivity index (χ3n) is 1.97. The standard InChI is InChI=1S/C9H7F3N6/c10-9(11,12)7-3-5(16-8(17-7)18-13)6-4-14-1-2-15-6/h1-4H,13H2,(H,16,17,18). The molecule has 2 aromatic rings. The van der Waals surface area contributed by atoms with Crippen molar-refractivity contribution in [2.75, 3.05) is 5.43 Å². The molecule has 0 fully saturated rings. The summed E-state index contributed by atoms with van der Waals surface area (Å²) in [5.41, 5.74) is 1.05. The van der Waals surface area contributed by atoms with Crippen molar-refractivity contribution in [1.82, 2.24) is 19.9 Å². The Bertz CT molecular complexity index is 542. The molecular weight excluding hydrogens is 249 g/mol. The lowest BCUT2D eigenvalue weighted by molar-refractivity contribution is -0.141. The zero-order valence-electron chi connectivity index (χ0n) is 8.81. The van der Waals surface area contributed by atoms with Crippen LogP contribution in [0.25, 0.3) is 11.4 Å². The second kappa shape index (κ2) is 4.53. The van der Waals surface area contributed by atoms with Crippen LogP contribution >= 0.6 is 0 Å². The molecular formula is C9H7F3N6. The molecule has 0 amide bonds. The largest absolute Gasteiger partial charge is 0.433 e. The van der Waals surface area contributed by atoms with E-state index in [9.17, 15) is 13.2 Å². The van der Waals surface area contributed by atoms with Crippen molar-refractivity contribution in [3.63, 3.8) is 0 Å². The Balaban J connectivity index is 2.55. The van der Waals surface area contributed by atoms with E-state index >= 15 is 0 Å². The molecule has 0 saturated carbocycles. The Labute approximate surface area is 99.1 Å². The fraction of sp³-hybridized carbons (Fsp3) is 0.111. The van der Waals surface area contributed by atoms with Crippen LogP contribution in [0.4, 0.5) is 19.1 Å². The van der Waals surface area contributed by atoms with Gasteiger partial charge in [-0.15, -0.1) is 0 Å². The monoisotopic (exact) mass is 256 g/mol. The molecule has 2 aromatic heterocycles. The van der Waals surface area contributed by atoms with Gasteiger partial charge in [-0.2, -0.15) is 13.2 Å². The van der Waals surface area contributed by atoms with E-state index in [1.165, 1.54) is 18.6 Å². The summed E-state index contributed by atoms with van der Waals surface area (Å²) in [6.07, 6.45) is -0.550. The number of halogens is 3. The number of hydrogen-bond donors (Lipinski definition) is 2. The fourth-order valence-corrected chi connectivity index (χ4v) is 1.22. The molecule has 2 heterocycles. The van der Waals surface area contributed by atoms with E-state index in [2.05, 4.69) is 19.9 Å². The van der Waals surface area contributed by atoms with Crippen LogP contribution in [-0.4, -0.2) is 19.9 Å². The lowest BCUT2D eigenvalue weighted by Crippen LogP contribution is -2.16. The molecule has 2 rings (SSSR count). The summed E-state index contributed by atoms with van der Waals surface area (Å²) in [6, 6.07) is 0.783. The normalized spacial score (nSPS) is 11.3. The summed E-state index contributed by atoms with van der Waals surface area (Å²) in [5, 5.41) is 0. The van der Waals surface area contributed by atoms with Crippen LogP contribution in [0.2, 0.25) is 0 Å². The summed E-state index contributed by atoms with van der Waals surface area (Å²) in [7, 11) is 0. The number of nitrogens with two attached hydrogens (primary N) is 1. The number of hydrazine groups is 1. The number of anilines is 1. The molecule has 6 nitrogen and oxygen atoms in total. The van der Waals surface area contributed by atoms with Crippen LogP contribution in [0.15, 0.2) is 24.7 Å². The topological polar surface area (TPSA) is 89.6 Å². The first-order valence-corrected chi connectivity index (χ1v) is 4.70. The average Bonchev–Trinajstić information content (AvgIpc) is 2.38. The van der Waals surface area contributed by atoms with E-state index in [0.29, 0.717) is 0 Å². The first kappa shape index (κ1) is 12.2. The molecule has 0 aliphatic heterocycles. The van der Waals surface area contributed by atoms with Gasteiger partial charge in [0, 0.05) is 12.4 Å². The zero-order valence-corrected chi connectivity index (χ0v) is 8.81. The van der Waals surface area contributed by atoms with Gasteiger partial charge in [0.15, 0.2) is 5.69 Å². The van der Waals surface area contributed by atoms with Crippen LogP contribution in [-0.2, 0) is 6.18 Å². The molecule has 0 aliphatic rings. The van der Waals surface area contributed by atoms with Crippen LogP contribution in [0.1, 0.15) is 5.69 Å². The van der Waals surface area contributed by atoms with E-state index in [-0.39, 0.29) is 17.3 Å². The van der Waals surface area contributed by atoms with E-state index < -0.39 is 11.9 Å². The van der Waals surface area contributed by atoms with Gasteiger partial charge in [0.25, 0.3) is 0 Å². The predicted molar refractivity (Wildman–Crippen MR) is 55.9 cm³/mol. The zero-order chi connectivity index (χ0) is 13.2. The lowest BCUT2D eigenvalue weighted by atomic mass is 10.2. The summed E-state index contributed by atoms with van der Waals surface area (Å²) in [5.74, 6) is 4.69. The Morgan fingerprint density at radius 1 is 1.11 bits per heavy atom. The SMILES string of the molecule is NNc1nc(-c2cnccn2)cc(C(F)(F)F)n1. The van der Waals surface area contributed by atoms with Gasteiger partial charge in [0.2, 0.25) is 5.95 Å². The van der Waals surface area contributed by atoms with Crippen LogP contribution in [0, 0.1) is 0 Å². The fourth-order valence-electron chi connectivity index (χ4n) is 1.22. The van der Waals surface area contributed by atoms with Gasteiger partial charge in [-0.3, -0.25) is 15.4 Å². The van der Waals surface area contributed by atoms with Gasteiger partial charge in [-0.05, 0) is 6.07 Å². The van der Waals surface area contributed by atoms with Crippen LogP contribution in [0.3, 0.4) is 0 Å². The second-order valence-electron chi connectivity index (χ2n) is 3.19. The molecule has 0 radical (unpaired) electrons. The summed E-state index contributed by atoms with van der Waals surface area (Å²) < 4.78 is 37.8. The number of nitrogen functional groups attached to an aromatic ring is 1. The number of aromatic nitrogens is 4. The average molecular weight is 256 g/mol. The number of hydrogen-bond acceptors (Lipinski definition) is 6. The molecule has 0 atom stereocenters. The third kappa shape index (κ3) is 2.51. The number of nitrogens with one attached hydrogen (secondary N) is 1. The Morgan fingerprint density at radius 3 is 2.44 bits per heavy atom. The minimum atomic E-state index is -4.59. The van der Waals surface area contributed by atoms with Gasteiger partial charge in [-0.25, -0.2) is 15.8 Å². The predicted octanol–water partition coefficient (Wildman–Crippen LogP) is 1.24. The van der Waals surface area contributed by atoms with Crippen molar-refractivity contribution >= 4 is 5.95 Å². The van der Waals surface area contributed by atoms with Gasteiger partial charge in [0.1, 0.15) is 5.69 Å². The lowest BCUT2D eigenvalue weighted by Gasteiger charge is -2.09. The first-order valence-electron chi connectivity index (χ1n) is 4.70. The molecule has 94 valence electrons. The van der Waals surface area contributed by atoms with Crippen molar-refractivity contribution in [2.45, 2.75) is 6.18 Å². The summed E-state index contributed by atoms with van der Waals surface area (Å²) in [4.78, 5) is 14.6. The number of nitrogens with zero attached hydrogens (tertiary/aromatic N) is 4. The number of alkyl halides is 3. The second-order valence-corrected chi connectivity index (χ2v) is 3.19. The molecule has 0 unspecified atom stereocenters. The van der Waals surface area contributed by atoms with E-state index in [1.54, 1.807) is 0 Å². The van der Waals surface area contributed by atoms with Crippen molar-refractivity contribution in [2.24, 2.45) is 5.84 Å². The maximum absolute atomic E-state index is 12.6. The minimum Gasteiger partial charge on any atom is -0.292 e. The Morgan fingerprint density at radius 2 is 1.89 bits per heavy atom. The highest BCUT2D eigenvalue weighted by Crippen LogP contribution is 2.30. The van der Waals surface area contributed by atoms with Crippen molar-refractivity contribution in [3.8, 4) is 11.4 Å². The first-order chi connectivity index (χ1) is 8.50. The van der Waals surface area contributed by atoms with Crippen molar-refractivity contribution < 1.29 is 13.2 Å². The third-order valence-corrected chi connectivity index (χ3v) is 1.97. The Kier molecular flexibility index (Phi) is 3.06. The number of rotatable bonds is 2. The molecule has 0 spiro atoms. The van der Waals surface area contributed by atoms with Gasteiger partial charge < -0.3 is 0 Å². The maximum Gasteiger partial charge on any atom is 0.433 e. The van der Waals surface area contributed by atoms with Gasteiger partial charge >= 0.3 is 6.18 Å². The molecule has 0 aromatic carbocycles. The quantitative estimate of drug-likeness (QED) is 0.620. The van der Waals surface area contributed by atoms with E-state index in [0.717, 1.165) is 6.07 Å². The summed E-state index contributed by atoms with van der Waals surface area (Å²) >= 11 is 0. The smallest absolute Gasteiger partial charge is 0.292 e. The molecule has 9 heteroatoms. The van der Waals surface area contributed by atoms with Crippen LogP contribution in [0.5, 0.6) is 0 Å². The highest BCUT2D eigenvalue weighted by molar-refractivity contribution is 5.55. The highest BCUT2D eigenvalue weighted by Gasteiger charge is 2.33. The van der Waals surface area contributed by atoms with E-state index in [1.807, 2.05) is 5.43 Å². The minimum absolute atomic E-state index is 0.0154. The van der Waals surface area contributed by atoms with Crippen molar-refractivity contribution in [1.29, 1.82) is 0 Å². The molecule has 18 heavy (non-hydrogen) atoms. The molecule has 3 N–H and O–H groups in total. The molecule has 0 saturated heterocycles. The van der Waals surface area contributed by atoms with Gasteiger partial charge in [-0.1, -0.05) is 0 Å². The van der Waals surface area contributed by atoms with Crippen molar-refractivity contribution in [3.05, 3.63) is 30.4 Å². The molecule has 0 aliphatic carbocycles. The maximum atomic E-state index is 12.6. The summed E-state index contributed by atoms with van der Waals surface area (Å²) in [6.45, 7) is 0. The Hall–Kier alpha value is -2.29. The van der Waals surface area contributed by atoms with Crippen LogP contribution < -0.4 is 11.3 Å². The van der Waals surface area contributed by atoms with E-state index in [4.69, 9.17) is 5.84 Å².